The van der Waals surface area contributed by atoms with Crippen LogP contribution in [0.2, 0.25) is 0 Å². The number of halogens is 1. The van der Waals surface area contributed by atoms with Crippen molar-refractivity contribution in [2.75, 3.05) is 26.2 Å². The van der Waals surface area contributed by atoms with E-state index in [0.717, 1.165) is 13.0 Å². The number of rotatable bonds is 4. The Morgan fingerprint density at radius 1 is 1.13 bits per heavy atom. The van der Waals surface area contributed by atoms with E-state index in [-0.39, 0.29) is 18.0 Å². The Morgan fingerprint density at radius 3 is 2.71 bits per heavy atom. The molecule has 8 heteroatoms. The Bertz CT molecular complexity index is 1040. The first kappa shape index (κ1) is 21.0. The first-order chi connectivity index (χ1) is 15.0. The molecule has 1 amide bonds. The summed E-state index contributed by atoms with van der Waals surface area (Å²) in [6.07, 6.45) is 0.459. The summed E-state index contributed by atoms with van der Waals surface area (Å²) in [6, 6.07) is 13.8. The van der Waals surface area contributed by atoms with Gasteiger partial charge in [0, 0.05) is 31.7 Å². The van der Waals surface area contributed by atoms with E-state index < -0.39 is 0 Å². The number of hydrogen-bond donors (Lipinski definition) is 0. The molecule has 4 rings (SSSR count). The number of benzene rings is 2. The highest BCUT2D eigenvalue weighted by Crippen LogP contribution is 2.25. The molecule has 3 aromatic rings. The number of carbonyl (C=O) groups excluding carboxylic acids is 1. The van der Waals surface area contributed by atoms with Gasteiger partial charge in [-0.1, -0.05) is 35.5 Å². The maximum absolute atomic E-state index is 13.9. The molecular formula is C23H25FN4O3. The van der Waals surface area contributed by atoms with Gasteiger partial charge in [-0.3, -0.25) is 4.90 Å². The van der Waals surface area contributed by atoms with Crippen LogP contribution in [0, 0.1) is 12.7 Å². The van der Waals surface area contributed by atoms with Crippen LogP contribution < -0.4 is 4.74 Å². The SMILES string of the molecule is Cc1ccc(-c2noc(C(C)N3CCCN(C(=O)Oc4ccccc4)CC3)n2)cc1F. The Labute approximate surface area is 180 Å². The van der Waals surface area contributed by atoms with Gasteiger partial charge < -0.3 is 14.2 Å². The second kappa shape index (κ2) is 9.26. The molecule has 31 heavy (non-hydrogen) atoms. The highest BCUT2D eigenvalue weighted by atomic mass is 19.1. The van der Waals surface area contributed by atoms with Gasteiger partial charge in [-0.2, -0.15) is 4.98 Å². The van der Waals surface area contributed by atoms with Gasteiger partial charge >= 0.3 is 6.09 Å². The van der Waals surface area contributed by atoms with Crippen molar-refractivity contribution in [3.63, 3.8) is 0 Å². The third-order valence-electron chi connectivity index (χ3n) is 5.51. The maximum atomic E-state index is 13.9. The first-order valence-corrected chi connectivity index (χ1v) is 10.4. The number of ether oxygens (including phenoxy) is 1. The van der Waals surface area contributed by atoms with Gasteiger partial charge in [-0.25, -0.2) is 9.18 Å². The Balaban J connectivity index is 1.38. The van der Waals surface area contributed by atoms with Gasteiger partial charge in [0.1, 0.15) is 11.6 Å². The van der Waals surface area contributed by atoms with E-state index >= 15 is 0 Å². The summed E-state index contributed by atoms with van der Waals surface area (Å²) < 4.78 is 24.8. The van der Waals surface area contributed by atoms with Crippen LogP contribution in [0.25, 0.3) is 11.4 Å². The number of carbonyl (C=O) groups is 1. The van der Waals surface area contributed by atoms with Crippen LogP contribution in [-0.2, 0) is 0 Å². The minimum atomic E-state index is -0.345. The van der Waals surface area contributed by atoms with Crippen LogP contribution in [0.3, 0.4) is 0 Å². The Kier molecular flexibility index (Phi) is 6.27. The lowest BCUT2D eigenvalue weighted by Gasteiger charge is -2.25. The minimum Gasteiger partial charge on any atom is -0.410 e. The fraction of sp³-hybridized carbons (Fsp3) is 0.348. The molecule has 1 aliphatic rings. The number of para-hydroxylation sites is 1. The molecule has 162 valence electrons. The van der Waals surface area contributed by atoms with E-state index in [1.54, 1.807) is 36.1 Å². The average molecular weight is 424 g/mol. The van der Waals surface area contributed by atoms with E-state index in [4.69, 9.17) is 9.26 Å². The monoisotopic (exact) mass is 424 g/mol. The van der Waals surface area contributed by atoms with Gasteiger partial charge in [-0.05, 0) is 44.0 Å². The lowest BCUT2D eigenvalue weighted by atomic mass is 10.1. The molecule has 0 spiro atoms. The van der Waals surface area contributed by atoms with Crippen LogP contribution >= 0.6 is 0 Å². The Hall–Kier alpha value is -3.26. The normalized spacial score (nSPS) is 16.0. The zero-order valence-corrected chi connectivity index (χ0v) is 17.6. The fourth-order valence-electron chi connectivity index (χ4n) is 3.57. The second-order valence-corrected chi connectivity index (χ2v) is 7.65. The summed E-state index contributed by atoms with van der Waals surface area (Å²) >= 11 is 0. The first-order valence-electron chi connectivity index (χ1n) is 10.4. The van der Waals surface area contributed by atoms with Crippen LogP contribution in [0.15, 0.2) is 53.1 Å². The molecule has 2 aromatic carbocycles. The van der Waals surface area contributed by atoms with Gasteiger partial charge in [0.25, 0.3) is 0 Å². The molecule has 1 unspecified atom stereocenters. The predicted molar refractivity (Wildman–Crippen MR) is 113 cm³/mol. The van der Waals surface area contributed by atoms with Crippen LogP contribution in [0.1, 0.15) is 30.8 Å². The second-order valence-electron chi connectivity index (χ2n) is 7.65. The molecule has 1 fully saturated rings. The summed E-state index contributed by atoms with van der Waals surface area (Å²) in [4.78, 5) is 20.9. The molecule has 0 radical (unpaired) electrons. The van der Waals surface area contributed by atoms with Gasteiger partial charge in [-0.15, -0.1) is 0 Å². The molecule has 1 aromatic heterocycles. The van der Waals surface area contributed by atoms with Crippen molar-refractivity contribution in [2.24, 2.45) is 0 Å². The average Bonchev–Trinajstić information content (AvgIpc) is 3.13. The predicted octanol–water partition coefficient (Wildman–Crippen LogP) is 4.45. The highest BCUT2D eigenvalue weighted by molar-refractivity contribution is 5.70. The number of hydrogen-bond acceptors (Lipinski definition) is 6. The summed E-state index contributed by atoms with van der Waals surface area (Å²) in [7, 11) is 0. The lowest BCUT2D eigenvalue weighted by molar-refractivity contribution is 0.148. The maximum Gasteiger partial charge on any atom is 0.415 e. The smallest absolute Gasteiger partial charge is 0.410 e. The molecule has 2 heterocycles. The third kappa shape index (κ3) is 4.91. The number of nitrogens with zero attached hydrogens (tertiary/aromatic N) is 4. The third-order valence-corrected chi connectivity index (χ3v) is 5.51. The van der Waals surface area contributed by atoms with Gasteiger partial charge in [0.15, 0.2) is 0 Å². The molecule has 1 saturated heterocycles. The molecule has 0 bridgehead atoms. The van der Waals surface area contributed by atoms with E-state index in [1.807, 2.05) is 25.1 Å². The zero-order chi connectivity index (χ0) is 21.8. The fourth-order valence-corrected chi connectivity index (χ4v) is 3.57. The standard InChI is InChI=1S/C23H25FN4O3/c1-16-9-10-18(15-20(16)24)21-25-22(31-26-21)17(2)27-11-6-12-28(14-13-27)23(29)30-19-7-4-3-5-8-19/h3-5,7-10,15,17H,6,11-14H2,1-2H3. The Morgan fingerprint density at radius 2 is 1.94 bits per heavy atom. The van der Waals surface area contributed by atoms with E-state index in [2.05, 4.69) is 15.0 Å². The van der Waals surface area contributed by atoms with E-state index in [9.17, 15) is 9.18 Å². The number of aryl methyl sites for hydroxylation is 1. The van der Waals surface area contributed by atoms with E-state index in [1.165, 1.54) is 6.07 Å². The van der Waals surface area contributed by atoms with Crippen LogP contribution in [0.5, 0.6) is 5.75 Å². The molecular weight excluding hydrogens is 399 g/mol. The zero-order valence-electron chi connectivity index (χ0n) is 17.6. The highest BCUT2D eigenvalue weighted by Gasteiger charge is 2.27. The van der Waals surface area contributed by atoms with Crippen LogP contribution in [0.4, 0.5) is 9.18 Å². The van der Waals surface area contributed by atoms with Crippen molar-refractivity contribution < 1.29 is 18.4 Å². The number of aromatic nitrogens is 2. The molecule has 1 atom stereocenters. The molecule has 1 aliphatic heterocycles. The molecule has 0 N–H and O–H groups in total. The summed E-state index contributed by atoms with van der Waals surface area (Å²) in [5.41, 5.74) is 1.15. The molecule has 0 aliphatic carbocycles. The molecule has 0 saturated carbocycles. The van der Waals surface area contributed by atoms with Crippen molar-refractivity contribution >= 4 is 6.09 Å². The summed E-state index contributed by atoms with van der Waals surface area (Å²) in [6.45, 7) is 6.30. The van der Waals surface area contributed by atoms with Crippen molar-refractivity contribution in [2.45, 2.75) is 26.3 Å². The summed E-state index contributed by atoms with van der Waals surface area (Å²) in [5.74, 6) is 1.07. The quantitative estimate of drug-likeness (QED) is 0.616. The van der Waals surface area contributed by atoms with Crippen molar-refractivity contribution in [3.8, 4) is 17.1 Å². The lowest BCUT2D eigenvalue weighted by Crippen LogP contribution is -2.37. The van der Waals surface area contributed by atoms with Crippen molar-refractivity contribution in [3.05, 3.63) is 65.8 Å². The van der Waals surface area contributed by atoms with Gasteiger partial charge in [0.2, 0.25) is 11.7 Å². The van der Waals surface area contributed by atoms with Crippen molar-refractivity contribution in [1.82, 2.24) is 19.9 Å². The topological polar surface area (TPSA) is 71.7 Å². The number of amides is 1. The minimum absolute atomic E-state index is 0.123. The summed E-state index contributed by atoms with van der Waals surface area (Å²) in [5, 5.41) is 4.02. The van der Waals surface area contributed by atoms with Gasteiger partial charge in [0.05, 0.1) is 6.04 Å². The van der Waals surface area contributed by atoms with Crippen molar-refractivity contribution in [1.29, 1.82) is 0 Å². The largest absolute Gasteiger partial charge is 0.415 e. The molecule has 7 nitrogen and oxygen atoms in total. The van der Waals surface area contributed by atoms with Crippen LogP contribution in [-0.4, -0.2) is 52.2 Å². The van der Waals surface area contributed by atoms with E-state index in [0.29, 0.717) is 48.2 Å².